The maximum Gasteiger partial charge on any atom is 0.237 e. The minimum atomic E-state index is -0.0864. The molecule has 1 atom stereocenters. The molecule has 1 aliphatic heterocycles. The van der Waals surface area contributed by atoms with E-state index in [0.717, 1.165) is 25.9 Å². The second-order valence-corrected chi connectivity index (χ2v) is 7.13. The summed E-state index contributed by atoms with van der Waals surface area (Å²) in [6.07, 6.45) is 5.57. The first-order valence-electron chi connectivity index (χ1n) is 8.30. The number of halogens is 1. The molecule has 0 aliphatic carbocycles. The van der Waals surface area contributed by atoms with Gasteiger partial charge in [-0.15, -0.1) is 23.7 Å². The lowest BCUT2D eigenvalue weighted by atomic mass is 9.98. The number of unbranched alkanes of at least 4 members (excludes halogenated alkanes) is 3. The van der Waals surface area contributed by atoms with Crippen LogP contribution in [0.1, 0.15) is 43.0 Å². The molecule has 1 amide bonds. The topological polar surface area (TPSA) is 41.1 Å². The molecule has 0 radical (unpaired) electrons. The third-order valence-electron chi connectivity index (χ3n) is 4.35. The van der Waals surface area contributed by atoms with E-state index >= 15 is 0 Å². The Labute approximate surface area is 148 Å². The molecule has 1 aromatic heterocycles. The van der Waals surface area contributed by atoms with Crippen LogP contribution >= 0.6 is 23.7 Å². The molecule has 0 saturated carbocycles. The fourth-order valence-corrected chi connectivity index (χ4v) is 4.27. The van der Waals surface area contributed by atoms with Gasteiger partial charge in [0.1, 0.15) is 0 Å². The van der Waals surface area contributed by atoms with Crippen LogP contribution in [0.3, 0.4) is 0 Å². The molecule has 5 heteroatoms. The number of fused-ring (bicyclic) bond motifs is 3. The third kappa shape index (κ3) is 4.25. The Hall–Kier alpha value is -1.10. The molecule has 23 heavy (non-hydrogen) atoms. The first kappa shape index (κ1) is 18.2. The summed E-state index contributed by atoms with van der Waals surface area (Å²) in [6.45, 7) is 3.81. The predicted octanol–water partition coefficient (Wildman–Crippen LogP) is 4.03. The number of thiophene rings is 1. The first-order chi connectivity index (χ1) is 10.8. The van der Waals surface area contributed by atoms with Crippen molar-refractivity contribution in [2.24, 2.45) is 0 Å². The van der Waals surface area contributed by atoms with E-state index in [9.17, 15) is 4.79 Å². The molecule has 1 aliphatic rings. The van der Waals surface area contributed by atoms with Crippen LogP contribution in [0, 0.1) is 0 Å². The predicted molar refractivity (Wildman–Crippen MR) is 101 cm³/mol. The van der Waals surface area contributed by atoms with Crippen LogP contribution in [0.25, 0.3) is 10.1 Å². The number of benzene rings is 1. The van der Waals surface area contributed by atoms with Crippen LogP contribution in [0.2, 0.25) is 0 Å². The highest BCUT2D eigenvalue weighted by atomic mass is 35.5. The van der Waals surface area contributed by atoms with Gasteiger partial charge < -0.3 is 10.6 Å². The molecule has 126 valence electrons. The maximum atomic E-state index is 12.3. The Morgan fingerprint density at radius 2 is 2.13 bits per heavy atom. The van der Waals surface area contributed by atoms with Crippen LogP contribution in [-0.4, -0.2) is 18.5 Å². The average molecular weight is 353 g/mol. The molecule has 3 nitrogen and oxygen atoms in total. The van der Waals surface area contributed by atoms with Crippen LogP contribution in [-0.2, 0) is 17.8 Å². The molecule has 0 fully saturated rings. The van der Waals surface area contributed by atoms with Crippen molar-refractivity contribution in [1.29, 1.82) is 0 Å². The molecule has 0 saturated heterocycles. The number of hydrogen-bond acceptors (Lipinski definition) is 3. The fraction of sp³-hybridized carbons (Fsp3) is 0.500. The number of rotatable bonds is 6. The van der Waals surface area contributed by atoms with E-state index < -0.39 is 0 Å². The van der Waals surface area contributed by atoms with Crippen molar-refractivity contribution in [1.82, 2.24) is 10.6 Å². The zero-order valence-electron chi connectivity index (χ0n) is 13.6. The molecular weight excluding hydrogens is 328 g/mol. The van der Waals surface area contributed by atoms with E-state index in [1.165, 1.54) is 39.8 Å². The van der Waals surface area contributed by atoms with Crippen molar-refractivity contribution in [2.75, 3.05) is 6.54 Å². The summed E-state index contributed by atoms with van der Waals surface area (Å²) in [5, 5.41) is 7.79. The van der Waals surface area contributed by atoms with Crippen LogP contribution in [0.5, 0.6) is 0 Å². The number of nitrogens with one attached hydrogen (secondary N) is 2. The fourth-order valence-electron chi connectivity index (χ4n) is 3.08. The van der Waals surface area contributed by atoms with Crippen molar-refractivity contribution in [3.05, 3.63) is 34.7 Å². The molecular formula is C18H25ClN2OS. The summed E-state index contributed by atoms with van der Waals surface area (Å²) in [7, 11) is 0. The molecule has 2 N–H and O–H groups in total. The van der Waals surface area contributed by atoms with E-state index in [0.29, 0.717) is 0 Å². The maximum absolute atomic E-state index is 12.3. The van der Waals surface area contributed by atoms with Gasteiger partial charge in [0, 0.05) is 22.7 Å². The Morgan fingerprint density at radius 1 is 1.30 bits per heavy atom. The summed E-state index contributed by atoms with van der Waals surface area (Å²) >= 11 is 1.85. The summed E-state index contributed by atoms with van der Waals surface area (Å²) in [5.74, 6) is 0.150. The standard InChI is InChI=1S/C18H24N2OS.ClH/c1-2-3-4-7-10-19-18(21)15-11-14-13-8-5-6-9-16(13)22-17(14)12-20-15;/h5-6,8-9,15,20H,2-4,7,10-12H2,1H3,(H,19,21);1H/t15-;/m1./s1. The van der Waals surface area contributed by atoms with E-state index in [4.69, 9.17) is 0 Å². The van der Waals surface area contributed by atoms with Gasteiger partial charge >= 0.3 is 0 Å². The number of amides is 1. The lowest BCUT2D eigenvalue weighted by molar-refractivity contribution is -0.123. The molecule has 0 unspecified atom stereocenters. The van der Waals surface area contributed by atoms with Gasteiger partial charge in [0.05, 0.1) is 6.04 Å². The van der Waals surface area contributed by atoms with Crippen LogP contribution < -0.4 is 10.6 Å². The molecule has 2 aromatic rings. The molecule has 2 heterocycles. The third-order valence-corrected chi connectivity index (χ3v) is 5.56. The normalized spacial score (nSPS) is 16.7. The Morgan fingerprint density at radius 3 is 2.96 bits per heavy atom. The summed E-state index contributed by atoms with van der Waals surface area (Å²) in [5.41, 5.74) is 1.37. The lowest BCUT2D eigenvalue weighted by Crippen LogP contribution is -2.47. The Bertz CT molecular complexity index is 656. The molecule has 1 aromatic carbocycles. The van der Waals surface area contributed by atoms with Crippen molar-refractivity contribution in [3.8, 4) is 0 Å². The minimum Gasteiger partial charge on any atom is -0.355 e. The number of carbonyl (C=O) groups excluding carboxylic acids is 1. The number of carbonyl (C=O) groups is 1. The first-order valence-corrected chi connectivity index (χ1v) is 9.11. The van der Waals surface area contributed by atoms with Crippen molar-refractivity contribution >= 4 is 39.7 Å². The van der Waals surface area contributed by atoms with Gasteiger partial charge in [-0.05, 0) is 29.9 Å². The molecule has 3 rings (SSSR count). The van der Waals surface area contributed by atoms with Crippen LogP contribution in [0.15, 0.2) is 24.3 Å². The highest BCUT2D eigenvalue weighted by Gasteiger charge is 2.26. The highest BCUT2D eigenvalue weighted by Crippen LogP contribution is 2.34. The minimum absolute atomic E-state index is 0. The van der Waals surface area contributed by atoms with Gasteiger partial charge in [0.15, 0.2) is 0 Å². The average Bonchev–Trinajstić information content (AvgIpc) is 2.92. The second kappa shape index (κ2) is 8.67. The van der Waals surface area contributed by atoms with Gasteiger partial charge in [0.2, 0.25) is 5.91 Å². The van der Waals surface area contributed by atoms with Gasteiger partial charge in [0.25, 0.3) is 0 Å². The summed E-state index contributed by atoms with van der Waals surface area (Å²) in [6, 6.07) is 8.42. The molecule has 0 spiro atoms. The summed E-state index contributed by atoms with van der Waals surface area (Å²) < 4.78 is 1.33. The highest BCUT2D eigenvalue weighted by molar-refractivity contribution is 7.19. The van der Waals surface area contributed by atoms with Gasteiger partial charge in [-0.1, -0.05) is 44.4 Å². The van der Waals surface area contributed by atoms with E-state index in [1.54, 1.807) is 0 Å². The van der Waals surface area contributed by atoms with Gasteiger partial charge in [-0.25, -0.2) is 0 Å². The lowest BCUT2D eigenvalue weighted by Gasteiger charge is -2.23. The Balaban J connectivity index is 0.00000192. The van der Waals surface area contributed by atoms with Crippen molar-refractivity contribution < 1.29 is 4.79 Å². The van der Waals surface area contributed by atoms with Gasteiger partial charge in [-0.2, -0.15) is 0 Å². The quantitative estimate of drug-likeness (QED) is 0.770. The monoisotopic (exact) mass is 352 g/mol. The van der Waals surface area contributed by atoms with E-state index in [1.807, 2.05) is 11.3 Å². The zero-order valence-corrected chi connectivity index (χ0v) is 15.2. The van der Waals surface area contributed by atoms with Crippen LogP contribution in [0.4, 0.5) is 0 Å². The smallest absolute Gasteiger partial charge is 0.237 e. The van der Waals surface area contributed by atoms with E-state index in [2.05, 4.69) is 41.8 Å². The largest absolute Gasteiger partial charge is 0.355 e. The Kier molecular flexibility index (Phi) is 6.88. The zero-order chi connectivity index (χ0) is 15.4. The van der Waals surface area contributed by atoms with Crippen molar-refractivity contribution in [3.63, 3.8) is 0 Å². The van der Waals surface area contributed by atoms with Crippen molar-refractivity contribution in [2.45, 2.75) is 51.6 Å². The molecule has 0 bridgehead atoms. The van der Waals surface area contributed by atoms with E-state index in [-0.39, 0.29) is 24.4 Å². The number of hydrogen-bond donors (Lipinski definition) is 2. The SMILES string of the molecule is CCCCCCNC(=O)[C@H]1Cc2c(sc3ccccc23)CN1.Cl. The second-order valence-electron chi connectivity index (χ2n) is 5.99. The van der Waals surface area contributed by atoms with Gasteiger partial charge in [-0.3, -0.25) is 4.79 Å². The summed E-state index contributed by atoms with van der Waals surface area (Å²) in [4.78, 5) is 13.7.